The van der Waals surface area contributed by atoms with Gasteiger partial charge in [0.25, 0.3) is 0 Å². The van der Waals surface area contributed by atoms with Crippen molar-refractivity contribution in [2.24, 2.45) is 10.8 Å². The lowest BCUT2D eigenvalue weighted by atomic mass is 9.63. The molecule has 16 heavy (non-hydrogen) atoms. The van der Waals surface area contributed by atoms with Crippen LogP contribution in [0.5, 0.6) is 0 Å². The molecule has 3 nitrogen and oxygen atoms in total. The predicted molar refractivity (Wildman–Crippen MR) is 67.1 cm³/mol. The quantitative estimate of drug-likeness (QED) is 0.776. The molecule has 0 aromatic rings. The highest BCUT2D eigenvalue weighted by atomic mass is 79.9. The molecular formula is C11H14Br2O3. The molecule has 0 aromatic heterocycles. The maximum absolute atomic E-state index is 12.3. The van der Waals surface area contributed by atoms with Gasteiger partial charge < -0.3 is 5.11 Å². The minimum atomic E-state index is -0.830. The van der Waals surface area contributed by atoms with Crippen LogP contribution in [0.15, 0.2) is 0 Å². The van der Waals surface area contributed by atoms with E-state index >= 15 is 0 Å². The Balaban J connectivity index is 2.52. The van der Waals surface area contributed by atoms with Gasteiger partial charge in [-0.15, -0.1) is 0 Å². The first-order valence-corrected chi connectivity index (χ1v) is 6.99. The summed E-state index contributed by atoms with van der Waals surface area (Å²) in [5, 5.41) is 9.06. The van der Waals surface area contributed by atoms with E-state index in [0.717, 1.165) is 12.8 Å². The van der Waals surface area contributed by atoms with E-state index in [1.165, 1.54) is 0 Å². The van der Waals surface area contributed by atoms with Gasteiger partial charge in [0, 0.05) is 15.7 Å². The highest BCUT2D eigenvalue weighted by Crippen LogP contribution is 2.70. The van der Waals surface area contributed by atoms with Gasteiger partial charge in [0.05, 0.1) is 10.7 Å². The van der Waals surface area contributed by atoms with Crippen LogP contribution in [0.1, 0.15) is 33.1 Å². The lowest BCUT2D eigenvalue weighted by Crippen LogP contribution is -2.43. The van der Waals surface area contributed by atoms with Gasteiger partial charge in [-0.25, -0.2) is 0 Å². The van der Waals surface area contributed by atoms with E-state index in [1.54, 1.807) is 0 Å². The second-order valence-electron chi connectivity index (χ2n) is 5.41. The molecule has 0 heterocycles. The molecule has 2 rings (SSSR count). The van der Waals surface area contributed by atoms with Crippen molar-refractivity contribution < 1.29 is 14.7 Å². The van der Waals surface area contributed by atoms with Gasteiger partial charge in [0.15, 0.2) is 5.78 Å². The summed E-state index contributed by atoms with van der Waals surface area (Å²) in [5.41, 5.74) is -1.04. The second kappa shape index (κ2) is 3.31. The number of carbonyl (C=O) groups is 2. The Kier molecular flexibility index (Phi) is 2.60. The molecule has 0 amide bonds. The molecule has 5 heteroatoms. The van der Waals surface area contributed by atoms with Gasteiger partial charge in [-0.2, -0.15) is 0 Å². The number of carboxylic acid groups (broad SMARTS) is 1. The van der Waals surface area contributed by atoms with Gasteiger partial charge in [-0.05, 0) is 12.8 Å². The summed E-state index contributed by atoms with van der Waals surface area (Å²) in [5.74, 6) is -0.696. The molecule has 0 radical (unpaired) electrons. The van der Waals surface area contributed by atoms with Crippen LogP contribution in [-0.2, 0) is 9.59 Å². The van der Waals surface area contributed by atoms with E-state index in [1.807, 2.05) is 13.8 Å². The van der Waals surface area contributed by atoms with Crippen molar-refractivity contribution in [1.82, 2.24) is 0 Å². The van der Waals surface area contributed by atoms with Crippen LogP contribution in [0.4, 0.5) is 0 Å². The molecule has 0 spiro atoms. The Morgan fingerprint density at radius 1 is 1.50 bits per heavy atom. The zero-order chi connectivity index (χ0) is 12.4. The molecule has 1 N–H and O–H groups in total. The van der Waals surface area contributed by atoms with Crippen molar-refractivity contribution in [2.45, 2.75) is 42.3 Å². The third-order valence-corrected chi connectivity index (χ3v) is 7.97. The van der Waals surface area contributed by atoms with Crippen molar-refractivity contribution in [2.75, 3.05) is 0 Å². The monoisotopic (exact) mass is 352 g/mol. The van der Waals surface area contributed by atoms with E-state index in [-0.39, 0.29) is 17.0 Å². The van der Waals surface area contributed by atoms with Crippen LogP contribution in [0.25, 0.3) is 0 Å². The van der Waals surface area contributed by atoms with Gasteiger partial charge >= 0.3 is 5.97 Å². The third-order valence-electron chi connectivity index (χ3n) is 4.48. The normalized spacial score (nSPS) is 45.0. The van der Waals surface area contributed by atoms with Crippen molar-refractivity contribution in [3.63, 3.8) is 0 Å². The number of aliphatic carboxylic acids is 1. The molecule has 0 aliphatic heterocycles. The smallest absolute Gasteiger partial charge is 0.303 e. The third kappa shape index (κ3) is 1.19. The van der Waals surface area contributed by atoms with Crippen molar-refractivity contribution in [3.05, 3.63) is 0 Å². The minimum absolute atomic E-state index is 0.0506. The number of rotatable bonds is 2. The van der Waals surface area contributed by atoms with Gasteiger partial charge in [-0.1, -0.05) is 45.7 Å². The fraction of sp³-hybridized carbons (Fsp3) is 0.818. The summed E-state index contributed by atoms with van der Waals surface area (Å²) < 4.78 is -0.564. The van der Waals surface area contributed by atoms with Crippen LogP contribution in [-0.4, -0.2) is 26.0 Å². The van der Waals surface area contributed by atoms with Crippen LogP contribution < -0.4 is 0 Å². The molecular weight excluding hydrogens is 340 g/mol. The summed E-state index contributed by atoms with van der Waals surface area (Å²) in [6, 6.07) is 0. The first-order valence-electron chi connectivity index (χ1n) is 5.28. The number of hydrogen-bond donors (Lipinski definition) is 1. The molecule has 0 saturated heterocycles. The molecule has 3 atom stereocenters. The van der Waals surface area contributed by atoms with Crippen LogP contribution in [0.2, 0.25) is 0 Å². The molecule has 0 unspecified atom stereocenters. The highest BCUT2D eigenvalue weighted by Gasteiger charge is 2.74. The summed E-state index contributed by atoms with van der Waals surface area (Å²) in [4.78, 5) is 23.3. The van der Waals surface area contributed by atoms with E-state index in [4.69, 9.17) is 5.11 Å². The predicted octanol–water partition coefficient (Wildman–Crippen LogP) is 2.75. The Hall–Kier alpha value is 0.1000. The van der Waals surface area contributed by atoms with E-state index in [2.05, 4.69) is 31.9 Å². The number of Topliss-reactive ketones (excluding diaryl/α,β-unsaturated/α-hetero) is 1. The minimum Gasteiger partial charge on any atom is -0.481 e. The van der Waals surface area contributed by atoms with Crippen molar-refractivity contribution in [3.8, 4) is 0 Å². The summed E-state index contributed by atoms with van der Waals surface area (Å²) in [6.45, 7) is 3.74. The zero-order valence-corrected chi connectivity index (χ0v) is 12.4. The lowest BCUT2D eigenvalue weighted by molar-refractivity contribution is -0.143. The van der Waals surface area contributed by atoms with Gasteiger partial charge in [-0.3, -0.25) is 9.59 Å². The van der Waals surface area contributed by atoms with Crippen LogP contribution in [0, 0.1) is 10.8 Å². The molecule has 2 fully saturated rings. The Morgan fingerprint density at radius 3 is 2.44 bits per heavy atom. The number of carbonyl (C=O) groups excluding carboxylic acids is 1. The number of ketones is 1. The highest BCUT2D eigenvalue weighted by molar-refractivity contribution is 9.13. The molecule has 2 bridgehead atoms. The van der Waals surface area contributed by atoms with Gasteiger partial charge in [0.1, 0.15) is 0 Å². The number of halogens is 2. The van der Waals surface area contributed by atoms with Crippen LogP contribution in [0.3, 0.4) is 0 Å². The number of fused-ring (bicyclic) bond motifs is 2. The first-order chi connectivity index (χ1) is 7.18. The molecule has 0 aromatic carbocycles. The summed E-state index contributed by atoms with van der Waals surface area (Å²) in [7, 11) is 0. The Labute approximate surface area is 111 Å². The maximum atomic E-state index is 12.3. The Morgan fingerprint density at radius 2 is 2.06 bits per heavy atom. The summed E-state index contributed by atoms with van der Waals surface area (Å²) in [6.07, 6.45) is 1.55. The molecule has 2 saturated carbocycles. The van der Waals surface area contributed by atoms with E-state index < -0.39 is 21.1 Å². The Bertz CT molecular complexity index is 379. The average Bonchev–Trinajstić information content (AvgIpc) is 2.46. The largest absolute Gasteiger partial charge is 0.481 e. The zero-order valence-electron chi connectivity index (χ0n) is 9.22. The first kappa shape index (κ1) is 12.6. The van der Waals surface area contributed by atoms with E-state index in [0.29, 0.717) is 0 Å². The number of hydrogen-bond acceptors (Lipinski definition) is 2. The summed E-state index contributed by atoms with van der Waals surface area (Å²) >= 11 is 7.09. The lowest BCUT2D eigenvalue weighted by Gasteiger charge is -2.40. The second-order valence-corrected chi connectivity index (χ2v) is 7.74. The fourth-order valence-electron chi connectivity index (χ4n) is 3.37. The molecule has 90 valence electrons. The van der Waals surface area contributed by atoms with Gasteiger partial charge in [0.2, 0.25) is 0 Å². The van der Waals surface area contributed by atoms with Crippen molar-refractivity contribution >= 4 is 43.6 Å². The van der Waals surface area contributed by atoms with Crippen LogP contribution >= 0.6 is 31.9 Å². The number of carboxylic acids is 1. The van der Waals surface area contributed by atoms with E-state index in [9.17, 15) is 9.59 Å². The molecule has 2 aliphatic carbocycles. The fourth-order valence-corrected chi connectivity index (χ4v) is 5.90. The SMILES string of the molecule is CC1(C)C(=O)[C@@]2(Br)CC[C@]1(CC(=O)O)[C@@H]2Br. The standard InChI is InChI=1S/C11H14Br2O3/c1-9(2)8(16)11(13)4-3-10(9,7(11)12)5-6(14)15/h7H,3-5H2,1-2H3,(H,14,15)/t7-,10-,11+/m0/s1. The topological polar surface area (TPSA) is 54.4 Å². The molecule has 2 aliphatic rings. The number of alkyl halides is 2. The van der Waals surface area contributed by atoms with Crippen molar-refractivity contribution in [1.29, 1.82) is 0 Å². The average molecular weight is 354 g/mol. The maximum Gasteiger partial charge on any atom is 0.303 e.